The Bertz CT molecular complexity index is 1920. The van der Waals surface area contributed by atoms with Crippen molar-refractivity contribution in [3.05, 3.63) is 64.4 Å². The van der Waals surface area contributed by atoms with E-state index in [4.69, 9.17) is 5.73 Å². The van der Waals surface area contributed by atoms with E-state index in [1.165, 1.54) is 12.1 Å². The number of carboxylic acid groups (broad SMARTS) is 1. The van der Waals surface area contributed by atoms with Gasteiger partial charge in [0.25, 0.3) is 5.91 Å². The van der Waals surface area contributed by atoms with Gasteiger partial charge in [-0.15, -0.1) is 0 Å². The van der Waals surface area contributed by atoms with Gasteiger partial charge in [-0.2, -0.15) is 9.40 Å². The van der Waals surface area contributed by atoms with Crippen LogP contribution >= 0.6 is 0 Å². The smallest absolute Gasteiger partial charge is 0.326 e. The molecule has 0 spiro atoms. The van der Waals surface area contributed by atoms with Gasteiger partial charge in [0.15, 0.2) is 5.82 Å². The predicted octanol–water partition coefficient (Wildman–Crippen LogP) is 2.67. The molecule has 2 fully saturated rings. The second kappa shape index (κ2) is 12.7. The summed E-state index contributed by atoms with van der Waals surface area (Å²) in [6.07, 6.45) is 1.88. The number of piperazine rings is 1. The number of piperidine rings is 1. The third-order valence-corrected chi connectivity index (χ3v) is 11.6. The van der Waals surface area contributed by atoms with E-state index in [0.29, 0.717) is 54.8 Å². The van der Waals surface area contributed by atoms with Crippen molar-refractivity contribution >= 4 is 45.0 Å². The Kier molecular flexibility index (Phi) is 8.87. The molecule has 49 heavy (non-hydrogen) atoms. The summed E-state index contributed by atoms with van der Waals surface area (Å²) in [7, 11) is -2.43. The second-order valence-corrected chi connectivity index (χ2v) is 15.0. The molecule has 4 heterocycles. The number of likely N-dealkylation sites (N-methyl/N-ethyl adjacent to an activating group) is 1. The molecule has 1 unspecified atom stereocenters. The summed E-state index contributed by atoms with van der Waals surface area (Å²) >= 11 is 0. The van der Waals surface area contributed by atoms with E-state index in [1.807, 2.05) is 7.05 Å². The van der Waals surface area contributed by atoms with Crippen molar-refractivity contribution in [2.45, 2.75) is 56.1 Å². The van der Waals surface area contributed by atoms with Gasteiger partial charge >= 0.3 is 5.97 Å². The first kappa shape index (κ1) is 34.3. The second-order valence-electron chi connectivity index (χ2n) is 13.1. The van der Waals surface area contributed by atoms with E-state index < -0.39 is 55.9 Å². The average Bonchev–Trinajstić information content (AvgIpc) is 3.57. The summed E-state index contributed by atoms with van der Waals surface area (Å²) in [5.74, 6) is -4.75. The Hall–Kier alpha value is -4.61. The van der Waals surface area contributed by atoms with Gasteiger partial charge in [-0.3, -0.25) is 14.7 Å². The lowest BCUT2D eigenvalue weighted by atomic mass is 9.97. The molecule has 14 nitrogen and oxygen atoms in total. The number of nitrogens with two attached hydrogens (primary N) is 1. The normalized spacial score (nSPS) is 19.9. The maximum atomic E-state index is 14.0. The molecule has 3 aromatic rings. The minimum atomic E-state index is -4.42. The van der Waals surface area contributed by atoms with Gasteiger partial charge in [0, 0.05) is 50.9 Å². The molecule has 5 N–H and O–H groups in total. The lowest BCUT2D eigenvalue weighted by Gasteiger charge is -2.40. The lowest BCUT2D eigenvalue weighted by Crippen LogP contribution is -2.48. The van der Waals surface area contributed by atoms with Crippen molar-refractivity contribution in [1.82, 2.24) is 19.4 Å². The number of primary amides is 1. The number of halogens is 2. The highest BCUT2D eigenvalue weighted by Crippen LogP contribution is 2.44. The van der Waals surface area contributed by atoms with Crippen molar-refractivity contribution in [3.63, 3.8) is 0 Å². The molecular formula is C32H38F2N8O6S. The third kappa shape index (κ3) is 6.21. The monoisotopic (exact) mass is 700 g/mol. The summed E-state index contributed by atoms with van der Waals surface area (Å²) in [5, 5.41) is 19.8. The Morgan fingerprint density at radius 1 is 0.980 bits per heavy atom. The minimum absolute atomic E-state index is 0.0160. The zero-order chi connectivity index (χ0) is 35.4. The molecule has 1 aromatic heterocycles. The van der Waals surface area contributed by atoms with E-state index in [2.05, 4.69) is 25.3 Å². The van der Waals surface area contributed by atoms with Crippen LogP contribution in [0.5, 0.6) is 0 Å². The number of nitrogens with zero attached hydrogens (tertiary/aromatic N) is 5. The Morgan fingerprint density at radius 3 is 2.27 bits per heavy atom. The molecule has 6 rings (SSSR count). The van der Waals surface area contributed by atoms with Crippen LogP contribution in [-0.2, 0) is 26.9 Å². The number of aromatic nitrogens is 2. The number of aliphatic carboxylic acids is 1. The van der Waals surface area contributed by atoms with Gasteiger partial charge in [-0.25, -0.2) is 22.0 Å². The first-order chi connectivity index (χ1) is 23.1. The molecule has 0 saturated carbocycles. The summed E-state index contributed by atoms with van der Waals surface area (Å²) in [6, 6.07) is 4.23. The highest BCUT2D eigenvalue weighted by Gasteiger charge is 2.48. The molecule has 2 saturated heterocycles. The fourth-order valence-electron chi connectivity index (χ4n) is 6.94. The number of nitrogens with one attached hydrogen (secondary N) is 2. The molecule has 17 heteroatoms. The van der Waals surface area contributed by atoms with E-state index in [1.54, 1.807) is 18.7 Å². The zero-order valence-electron chi connectivity index (χ0n) is 27.3. The summed E-state index contributed by atoms with van der Waals surface area (Å²) < 4.78 is 56.3. The van der Waals surface area contributed by atoms with Gasteiger partial charge in [0.05, 0.1) is 38.6 Å². The number of rotatable bonds is 8. The van der Waals surface area contributed by atoms with Crippen molar-refractivity contribution in [2.24, 2.45) is 5.73 Å². The van der Waals surface area contributed by atoms with Gasteiger partial charge in [0.2, 0.25) is 15.9 Å². The fourth-order valence-corrected chi connectivity index (χ4v) is 8.70. The van der Waals surface area contributed by atoms with Crippen LogP contribution in [0.3, 0.4) is 0 Å². The van der Waals surface area contributed by atoms with Gasteiger partial charge in [0.1, 0.15) is 17.7 Å². The Balaban J connectivity index is 1.37. The number of carboxylic acids is 1. The van der Waals surface area contributed by atoms with E-state index in [0.717, 1.165) is 42.4 Å². The summed E-state index contributed by atoms with van der Waals surface area (Å²) in [4.78, 5) is 44.6. The summed E-state index contributed by atoms with van der Waals surface area (Å²) in [5.41, 5.74) is 6.12. The average molecular weight is 701 g/mol. The predicted molar refractivity (Wildman–Crippen MR) is 176 cm³/mol. The number of amides is 2. The van der Waals surface area contributed by atoms with Gasteiger partial charge in [-0.1, -0.05) is 0 Å². The molecule has 0 bridgehead atoms. The minimum Gasteiger partial charge on any atom is -0.480 e. The standard InChI is InChI=1S/C32H38F2N8O6S/c1-32(2)27-23(17-42(32)49(47,48)20-13-18(33)12-19(34)14-20)29(38-37-27)36-30(44)22-16-26(41-7-5-4-6-24(41)31(45)46)25(15-21(22)28(35)43)40-10-8-39(3)9-11-40/h12-16,24H,4-11,17H2,1-3H3,(H2,35,43)(H,45,46)(H2,36,37,38,44). The number of fused-ring (bicyclic) bond motifs is 1. The summed E-state index contributed by atoms with van der Waals surface area (Å²) in [6.45, 7) is 5.99. The Labute approximate surface area is 281 Å². The van der Waals surface area contributed by atoms with E-state index in [9.17, 15) is 36.7 Å². The molecule has 0 radical (unpaired) electrons. The fraction of sp³-hybridized carbons (Fsp3) is 0.438. The van der Waals surface area contributed by atoms with Crippen LogP contribution in [0.15, 0.2) is 35.2 Å². The highest BCUT2D eigenvalue weighted by molar-refractivity contribution is 7.89. The van der Waals surface area contributed by atoms with Crippen molar-refractivity contribution < 1.29 is 36.7 Å². The highest BCUT2D eigenvalue weighted by atomic mass is 32.2. The van der Waals surface area contributed by atoms with Crippen LogP contribution < -0.4 is 20.9 Å². The molecular weight excluding hydrogens is 662 g/mol. The van der Waals surface area contributed by atoms with Crippen LogP contribution in [0, 0.1) is 11.6 Å². The Morgan fingerprint density at radius 2 is 1.63 bits per heavy atom. The van der Waals surface area contributed by atoms with Crippen LogP contribution in [0.1, 0.15) is 65.1 Å². The van der Waals surface area contributed by atoms with E-state index >= 15 is 0 Å². The maximum Gasteiger partial charge on any atom is 0.326 e. The molecule has 3 aliphatic rings. The number of carbonyl (C=O) groups is 3. The molecule has 3 aliphatic heterocycles. The zero-order valence-corrected chi connectivity index (χ0v) is 28.1. The van der Waals surface area contributed by atoms with Crippen molar-refractivity contribution in [3.8, 4) is 0 Å². The van der Waals surface area contributed by atoms with Crippen LogP contribution in [-0.4, -0.2) is 96.5 Å². The third-order valence-electron chi connectivity index (χ3n) is 9.63. The molecule has 2 aromatic carbocycles. The van der Waals surface area contributed by atoms with Gasteiger partial charge < -0.3 is 30.9 Å². The first-order valence-electron chi connectivity index (χ1n) is 15.9. The number of H-pyrrole nitrogens is 1. The van der Waals surface area contributed by atoms with E-state index in [-0.39, 0.29) is 23.5 Å². The molecule has 2 amide bonds. The molecule has 1 atom stereocenters. The first-order valence-corrected chi connectivity index (χ1v) is 17.3. The topological polar surface area (TPSA) is 185 Å². The quantitative estimate of drug-likeness (QED) is 0.272. The van der Waals surface area contributed by atoms with Crippen LogP contribution in [0.4, 0.5) is 26.0 Å². The van der Waals surface area contributed by atoms with Crippen molar-refractivity contribution in [2.75, 3.05) is 54.9 Å². The number of sulfonamides is 1. The largest absolute Gasteiger partial charge is 0.480 e. The number of hydrogen-bond donors (Lipinski definition) is 4. The molecule has 0 aliphatic carbocycles. The maximum absolute atomic E-state index is 14.0. The SMILES string of the molecule is CN1CCN(c2cc(C(N)=O)c(C(=O)Nc3n[nH]c4c3CN(S(=O)(=O)c3cc(F)cc(F)c3)C4(C)C)cc2N2CCCCC2C(=O)O)CC1. The van der Waals surface area contributed by atoms with Crippen LogP contribution in [0.25, 0.3) is 0 Å². The number of hydrogen-bond acceptors (Lipinski definition) is 9. The number of benzene rings is 2. The van der Waals surface area contributed by atoms with Gasteiger partial charge in [-0.05, 0) is 64.4 Å². The number of carbonyl (C=O) groups excluding carboxylic acids is 2. The van der Waals surface area contributed by atoms with Crippen molar-refractivity contribution in [1.29, 1.82) is 0 Å². The molecule has 262 valence electrons. The lowest BCUT2D eigenvalue weighted by molar-refractivity contribution is -0.139. The number of aromatic amines is 1. The number of anilines is 3. The van der Waals surface area contributed by atoms with Crippen LogP contribution in [0.2, 0.25) is 0 Å².